The third-order valence-corrected chi connectivity index (χ3v) is 11.0. The summed E-state index contributed by atoms with van der Waals surface area (Å²) in [6.07, 6.45) is 1.94. The van der Waals surface area contributed by atoms with E-state index in [1.54, 1.807) is 0 Å². The maximum Gasteiger partial charge on any atom is 0.0979 e. The first kappa shape index (κ1) is 27.9. The van der Waals surface area contributed by atoms with Crippen LogP contribution >= 0.6 is 11.3 Å². The molecule has 2 heterocycles. The van der Waals surface area contributed by atoms with Crippen molar-refractivity contribution in [2.45, 2.75) is 0 Å². The molecular formula is C46H28N2S. The summed E-state index contributed by atoms with van der Waals surface area (Å²) in [5.74, 6) is 0. The quantitative estimate of drug-likeness (QED) is 0.179. The highest BCUT2D eigenvalue weighted by Crippen LogP contribution is 2.42. The monoisotopic (exact) mass is 640 g/mol. The van der Waals surface area contributed by atoms with E-state index in [9.17, 15) is 0 Å². The van der Waals surface area contributed by atoms with Gasteiger partial charge >= 0.3 is 0 Å². The van der Waals surface area contributed by atoms with E-state index in [2.05, 4.69) is 164 Å². The minimum Gasteiger partial charge on any atom is -0.252 e. The fourth-order valence-electron chi connectivity index (χ4n) is 7.47. The van der Waals surface area contributed by atoms with E-state index >= 15 is 0 Å². The van der Waals surface area contributed by atoms with Crippen molar-refractivity contribution in [1.29, 1.82) is 0 Å². The van der Waals surface area contributed by atoms with Gasteiger partial charge in [0.2, 0.25) is 0 Å². The smallest absolute Gasteiger partial charge is 0.0979 e. The van der Waals surface area contributed by atoms with Gasteiger partial charge in [0.25, 0.3) is 0 Å². The van der Waals surface area contributed by atoms with Crippen LogP contribution in [0, 0.1) is 0 Å². The van der Waals surface area contributed by atoms with Gasteiger partial charge in [-0.25, -0.2) is 4.98 Å². The largest absolute Gasteiger partial charge is 0.252 e. The molecule has 0 aliphatic rings. The van der Waals surface area contributed by atoms with Gasteiger partial charge in [0, 0.05) is 36.5 Å². The molecule has 0 N–H and O–H groups in total. The Morgan fingerprint density at radius 1 is 0.347 bits per heavy atom. The zero-order chi connectivity index (χ0) is 32.3. The molecule has 8 aromatic carbocycles. The molecule has 49 heavy (non-hydrogen) atoms. The molecule has 0 saturated carbocycles. The van der Waals surface area contributed by atoms with Gasteiger partial charge in [0.15, 0.2) is 0 Å². The molecule has 0 spiro atoms. The Bertz CT molecular complexity index is 2850. The van der Waals surface area contributed by atoms with E-state index < -0.39 is 0 Å². The fourth-order valence-corrected chi connectivity index (χ4v) is 8.71. The summed E-state index contributed by atoms with van der Waals surface area (Å²) in [6.45, 7) is 0. The highest BCUT2D eigenvalue weighted by atomic mass is 32.1. The molecule has 0 bridgehead atoms. The molecule has 228 valence electrons. The lowest BCUT2D eigenvalue weighted by atomic mass is 9.90. The lowest BCUT2D eigenvalue weighted by Crippen LogP contribution is -1.94. The molecule has 0 saturated heterocycles. The van der Waals surface area contributed by atoms with Crippen LogP contribution in [0.15, 0.2) is 170 Å². The zero-order valence-electron chi connectivity index (χ0n) is 26.5. The van der Waals surface area contributed by atoms with E-state index in [0.29, 0.717) is 0 Å². The minimum absolute atomic E-state index is 0.866. The number of benzene rings is 8. The van der Waals surface area contributed by atoms with Crippen molar-refractivity contribution in [1.82, 2.24) is 9.97 Å². The van der Waals surface area contributed by atoms with Crippen LogP contribution < -0.4 is 0 Å². The zero-order valence-corrected chi connectivity index (χ0v) is 27.3. The Kier molecular flexibility index (Phi) is 6.39. The first-order valence-corrected chi connectivity index (χ1v) is 17.4. The van der Waals surface area contributed by atoms with Crippen LogP contribution in [0.2, 0.25) is 0 Å². The molecular weight excluding hydrogens is 613 g/mol. The number of nitrogens with zero attached hydrogens (tertiary/aromatic N) is 2. The number of fused-ring (bicyclic) bond motifs is 9. The molecule has 10 rings (SSSR count). The maximum absolute atomic E-state index is 5.34. The second-order valence-corrected chi connectivity index (χ2v) is 13.5. The van der Waals surface area contributed by atoms with Gasteiger partial charge < -0.3 is 0 Å². The first-order chi connectivity index (χ1) is 24.3. The molecule has 3 heteroatoms. The molecule has 0 aliphatic heterocycles. The van der Waals surface area contributed by atoms with Crippen LogP contribution in [0.5, 0.6) is 0 Å². The van der Waals surface area contributed by atoms with E-state index in [4.69, 9.17) is 9.97 Å². The van der Waals surface area contributed by atoms with Gasteiger partial charge in [-0.15, -0.1) is 11.3 Å². The lowest BCUT2D eigenvalue weighted by molar-refractivity contribution is 1.31. The van der Waals surface area contributed by atoms with Crippen LogP contribution in [0.25, 0.3) is 97.4 Å². The topological polar surface area (TPSA) is 25.8 Å². The van der Waals surface area contributed by atoms with E-state index in [-0.39, 0.29) is 0 Å². The predicted octanol–water partition coefficient (Wildman–Crippen LogP) is 13.0. The van der Waals surface area contributed by atoms with Crippen molar-refractivity contribution in [3.8, 4) is 44.6 Å². The first-order valence-electron chi connectivity index (χ1n) is 16.6. The minimum atomic E-state index is 0.866. The third kappa shape index (κ3) is 4.47. The highest BCUT2D eigenvalue weighted by molar-refractivity contribution is 7.26. The Morgan fingerprint density at radius 3 is 1.55 bits per heavy atom. The van der Waals surface area contributed by atoms with Crippen molar-refractivity contribution in [2.75, 3.05) is 0 Å². The van der Waals surface area contributed by atoms with E-state index in [0.717, 1.165) is 38.6 Å². The van der Waals surface area contributed by atoms with Crippen LogP contribution in [0.3, 0.4) is 0 Å². The Labute approximate surface area is 287 Å². The van der Waals surface area contributed by atoms with Gasteiger partial charge in [-0.05, 0) is 50.2 Å². The Balaban J connectivity index is 1.09. The molecule has 2 nitrogen and oxygen atoms in total. The molecule has 0 fully saturated rings. The molecule has 0 unspecified atom stereocenters. The molecule has 0 aliphatic carbocycles. The second-order valence-electron chi connectivity index (χ2n) is 12.5. The van der Waals surface area contributed by atoms with Crippen LogP contribution in [0.1, 0.15) is 0 Å². The number of hydrogen-bond acceptors (Lipinski definition) is 3. The molecule has 2 aromatic heterocycles. The number of rotatable bonds is 4. The summed E-state index contributed by atoms with van der Waals surface area (Å²) in [7, 11) is 0. The summed E-state index contributed by atoms with van der Waals surface area (Å²) in [6, 6.07) is 58.7. The number of hydrogen-bond donors (Lipinski definition) is 0. The molecule has 0 amide bonds. The van der Waals surface area contributed by atoms with Crippen molar-refractivity contribution in [2.24, 2.45) is 0 Å². The SMILES string of the molecule is c1ccc(-c2ccccc2-c2cnc3c4ccccc4c4ccccc4c3n2)c(-c2ccc(-c3cccc4c3sc3ccccc34)cc2)c1. The molecule has 10 aromatic rings. The summed E-state index contributed by atoms with van der Waals surface area (Å²) >= 11 is 1.87. The summed E-state index contributed by atoms with van der Waals surface area (Å²) in [5.41, 5.74) is 11.0. The van der Waals surface area contributed by atoms with Crippen LogP contribution in [0.4, 0.5) is 0 Å². The average molecular weight is 641 g/mol. The standard InChI is InChI=1S/C46H28N2S/c1-2-13-33(31(12-1)29-24-26-30(27-25-29)32-21-11-22-41-38-18-9-10-23-43(38)49-46(32)41)34-14-3-6-17-37(34)42-28-47-44-39-19-7-4-15-35(39)36-16-5-8-20-40(36)45(44)48-42/h1-28H. The number of thiophene rings is 1. The Morgan fingerprint density at radius 2 is 0.837 bits per heavy atom. The van der Waals surface area contributed by atoms with Crippen molar-refractivity contribution in [3.05, 3.63) is 170 Å². The Hall–Kier alpha value is -6.16. The predicted molar refractivity (Wildman–Crippen MR) is 209 cm³/mol. The molecule has 0 radical (unpaired) electrons. The second kappa shape index (κ2) is 11.2. The van der Waals surface area contributed by atoms with Gasteiger partial charge in [0.1, 0.15) is 0 Å². The third-order valence-electron chi connectivity index (χ3n) is 9.76. The van der Waals surface area contributed by atoms with Crippen LogP contribution in [-0.4, -0.2) is 9.97 Å². The van der Waals surface area contributed by atoms with Crippen LogP contribution in [-0.2, 0) is 0 Å². The van der Waals surface area contributed by atoms with Crippen molar-refractivity contribution >= 4 is 64.1 Å². The average Bonchev–Trinajstić information content (AvgIpc) is 3.57. The van der Waals surface area contributed by atoms with Gasteiger partial charge in [0.05, 0.1) is 22.9 Å². The van der Waals surface area contributed by atoms with Crippen molar-refractivity contribution in [3.63, 3.8) is 0 Å². The normalized spacial score (nSPS) is 11.7. The summed E-state index contributed by atoms with van der Waals surface area (Å²) < 4.78 is 2.66. The maximum atomic E-state index is 5.34. The molecule has 0 atom stereocenters. The fraction of sp³-hybridized carbons (Fsp3) is 0. The highest BCUT2D eigenvalue weighted by Gasteiger charge is 2.17. The number of aromatic nitrogens is 2. The van der Waals surface area contributed by atoms with Crippen molar-refractivity contribution < 1.29 is 0 Å². The van der Waals surface area contributed by atoms with E-state index in [1.165, 1.54) is 58.8 Å². The van der Waals surface area contributed by atoms with Gasteiger partial charge in [-0.2, -0.15) is 0 Å². The summed E-state index contributed by atoms with van der Waals surface area (Å²) in [5, 5.41) is 7.29. The van der Waals surface area contributed by atoms with Gasteiger partial charge in [-0.1, -0.05) is 158 Å². The van der Waals surface area contributed by atoms with Gasteiger partial charge in [-0.3, -0.25) is 4.98 Å². The summed E-state index contributed by atoms with van der Waals surface area (Å²) in [4.78, 5) is 10.4. The lowest BCUT2D eigenvalue weighted by Gasteiger charge is -2.15. The van der Waals surface area contributed by atoms with E-state index in [1.807, 2.05) is 17.5 Å².